The molecule has 7 nitrogen and oxygen atoms in total. The summed E-state index contributed by atoms with van der Waals surface area (Å²) in [6, 6.07) is 4.74. The van der Waals surface area contributed by atoms with Crippen LogP contribution >= 0.6 is 0 Å². The summed E-state index contributed by atoms with van der Waals surface area (Å²) in [6.07, 6.45) is 1.87. The van der Waals surface area contributed by atoms with Crippen LogP contribution < -0.4 is 5.32 Å². The molecule has 0 unspecified atom stereocenters. The van der Waals surface area contributed by atoms with E-state index in [0.717, 1.165) is 25.0 Å². The molecule has 0 bridgehead atoms. The second-order valence-corrected chi connectivity index (χ2v) is 7.40. The van der Waals surface area contributed by atoms with Gasteiger partial charge < -0.3 is 9.84 Å². The van der Waals surface area contributed by atoms with Crippen molar-refractivity contribution in [2.24, 2.45) is 0 Å². The molecule has 0 aliphatic heterocycles. The van der Waals surface area contributed by atoms with Crippen LogP contribution in [0.2, 0.25) is 0 Å². The molecule has 0 atom stereocenters. The van der Waals surface area contributed by atoms with Crippen LogP contribution in [0, 0.1) is 5.82 Å². The highest BCUT2D eigenvalue weighted by Gasteiger charge is 2.26. The lowest BCUT2D eigenvalue weighted by atomic mass is 10.4. The van der Waals surface area contributed by atoms with E-state index in [-0.39, 0.29) is 34.8 Å². The zero-order chi connectivity index (χ0) is 16.4. The molecule has 1 fully saturated rings. The number of carbonyl (C=O) groups is 1. The summed E-state index contributed by atoms with van der Waals surface area (Å²) in [7, 11) is -3.58. The molecule has 1 aromatic heterocycles. The minimum Gasteiger partial charge on any atom is -0.345 e. The van der Waals surface area contributed by atoms with E-state index in [4.69, 9.17) is 4.52 Å². The molecule has 122 valence electrons. The lowest BCUT2D eigenvalue weighted by molar-refractivity contribution is 0.0907. The fourth-order valence-corrected chi connectivity index (χ4v) is 3.15. The highest BCUT2D eigenvalue weighted by atomic mass is 32.2. The fraction of sp³-hybridized carbons (Fsp3) is 0.357. The summed E-state index contributed by atoms with van der Waals surface area (Å²) < 4.78 is 41.9. The number of sulfone groups is 1. The van der Waals surface area contributed by atoms with Crippen LogP contribution in [0.4, 0.5) is 4.39 Å². The molecule has 1 aliphatic rings. The van der Waals surface area contributed by atoms with E-state index in [1.165, 1.54) is 12.1 Å². The van der Waals surface area contributed by atoms with Gasteiger partial charge in [-0.1, -0.05) is 5.16 Å². The van der Waals surface area contributed by atoms with E-state index < -0.39 is 21.6 Å². The second-order valence-electron chi connectivity index (χ2n) is 5.29. The number of hydrogen-bond donors (Lipinski definition) is 1. The van der Waals surface area contributed by atoms with Gasteiger partial charge in [0.15, 0.2) is 15.7 Å². The minimum atomic E-state index is -3.58. The number of halogens is 1. The van der Waals surface area contributed by atoms with Crippen molar-refractivity contribution >= 4 is 15.7 Å². The first kappa shape index (κ1) is 15.6. The standard InChI is InChI=1S/C14H14FN3O4S/c15-9-1-5-11(6-2-9)23(20,21)8-7-12-17-14(22-18-12)13(19)16-10-3-4-10/h1-2,5-6,10H,3-4,7-8H2,(H,16,19). The average Bonchev–Trinajstić information content (AvgIpc) is 3.19. The Morgan fingerprint density at radius 1 is 1.30 bits per heavy atom. The number of rotatable bonds is 6. The maximum absolute atomic E-state index is 12.8. The lowest BCUT2D eigenvalue weighted by Crippen LogP contribution is -2.25. The van der Waals surface area contributed by atoms with Crippen molar-refractivity contribution in [3.05, 3.63) is 41.8 Å². The molecular formula is C14H14FN3O4S. The Morgan fingerprint density at radius 2 is 2.00 bits per heavy atom. The van der Waals surface area contributed by atoms with Crippen LogP contribution in [-0.2, 0) is 16.3 Å². The summed E-state index contributed by atoms with van der Waals surface area (Å²) in [5, 5.41) is 6.30. The number of hydrogen-bond acceptors (Lipinski definition) is 6. The van der Waals surface area contributed by atoms with Crippen molar-refractivity contribution < 1.29 is 22.1 Å². The molecule has 0 radical (unpaired) electrons. The smallest absolute Gasteiger partial charge is 0.315 e. The lowest BCUT2D eigenvalue weighted by Gasteiger charge is -2.02. The van der Waals surface area contributed by atoms with Crippen LogP contribution in [0.5, 0.6) is 0 Å². The highest BCUT2D eigenvalue weighted by molar-refractivity contribution is 7.91. The van der Waals surface area contributed by atoms with Crippen molar-refractivity contribution in [3.8, 4) is 0 Å². The van der Waals surface area contributed by atoms with E-state index in [9.17, 15) is 17.6 Å². The Kier molecular flexibility index (Phi) is 4.12. The van der Waals surface area contributed by atoms with Gasteiger partial charge in [0.2, 0.25) is 0 Å². The first-order chi connectivity index (χ1) is 10.9. The average molecular weight is 339 g/mol. The van der Waals surface area contributed by atoms with E-state index >= 15 is 0 Å². The van der Waals surface area contributed by atoms with Crippen LogP contribution in [0.25, 0.3) is 0 Å². The Hall–Kier alpha value is -2.29. The number of nitrogens with one attached hydrogen (secondary N) is 1. The van der Waals surface area contributed by atoms with Gasteiger partial charge in [0, 0.05) is 12.5 Å². The Balaban J connectivity index is 1.62. The third-order valence-electron chi connectivity index (χ3n) is 3.34. The molecule has 1 amide bonds. The quantitative estimate of drug-likeness (QED) is 0.791. The second kappa shape index (κ2) is 6.07. The van der Waals surface area contributed by atoms with Gasteiger partial charge in [0.05, 0.1) is 10.6 Å². The fourth-order valence-electron chi connectivity index (χ4n) is 1.91. The van der Waals surface area contributed by atoms with Gasteiger partial charge in [0.1, 0.15) is 5.82 Å². The number of aromatic nitrogens is 2. The Morgan fingerprint density at radius 3 is 2.65 bits per heavy atom. The first-order valence-corrected chi connectivity index (χ1v) is 8.71. The van der Waals surface area contributed by atoms with Gasteiger partial charge in [-0.2, -0.15) is 4.98 Å². The first-order valence-electron chi connectivity index (χ1n) is 7.06. The summed E-state index contributed by atoms with van der Waals surface area (Å²) in [5.41, 5.74) is 0. The van der Waals surface area contributed by atoms with Crippen LogP contribution in [0.1, 0.15) is 29.4 Å². The largest absolute Gasteiger partial charge is 0.345 e. The van der Waals surface area contributed by atoms with Crippen LogP contribution in [0.3, 0.4) is 0 Å². The molecule has 1 aromatic carbocycles. The number of benzene rings is 1. The summed E-state index contributed by atoms with van der Waals surface area (Å²) in [4.78, 5) is 15.6. The van der Waals surface area contributed by atoms with Gasteiger partial charge in [-0.15, -0.1) is 0 Å². The van der Waals surface area contributed by atoms with Crippen molar-refractivity contribution in [3.63, 3.8) is 0 Å². The SMILES string of the molecule is O=C(NC1CC1)c1nc(CCS(=O)(=O)c2ccc(F)cc2)no1. The van der Waals surface area contributed by atoms with E-state index in [2.05, 4.69) is 15.5 Å². The zero-order valence-electron chi connectivity index (χ0n) is 12.0. The maximum Gasteiger partial charge on any atom is 0.315 e. The number of nitrogens with zero attached hydrogens (tertiary/aromatic N) is 2. The van der Waals surface area contributed by atoms with Crippen molar-refractivity contribution in [1.29, 1.82) is 0 Å². The minimum absolute atomic E-state index is 0.0000810. The number of aryl methyl sites for hydroxylation is 1. The van der Waals surface area contributed by atoms with Gasteiger partial charge in [-0.05, 0) is 37.1 Å². The van der Waals surface area contributed by atoms with Gasteiger partial charge in [-0.3, -0.25) is 4.79 Å². The molecule has 1 saturated carbocycles. The summed E-state index contributed by atoms with van der Waals surface area (Å²) in [5.74, 6) is -1.26. The highest BCUT2D eigenvalue weighted by Crippen LogP contribution is 2.19. The van der Waals surface area contributed by atoms with Crippen LogP contribution in [0.15, 0.2) is 33.7 Å². The number of amides is 1. The van der Waals surface area contributed by atoms with E-state index in [1.807, 2.05) is 0 Å². The number of carbonyl (C=O) groups excluding carboxylic acids is 1. The Bertz CT molecular complexity index is 813. The molecular weight excluding hydrogens is 325 g/mol. The molecule has 2 aromatic rings. The third-order valence-corrected chi connectivity index (χ3v) is 5.07. The van der Waals surface area contributed by atoms with Gasteiger partial charge >= 0.3 is 11.8 Å². The van der Waals surface area contributed by atoms with Gasteiger partial charge in [0.25, 0.3) is 0 Å². The Labute approximate surface area is 131 Å². The molecule has 1 heterocycles. The van der Waals surface area contributed by atoms with Crippen LogP contribution in [-0.4, -0.2) is 36.3 Å². The molecule has 0 saturated heterocycles. The predicted molar refractivity (Wildman–Crippen MR) is 76.9 cm³/mol. The molecule has 0 spiro atoms. The van der Waals surface area contributed by atoms with E-state index in [0.29, 0.717) is 0 Å². The molecule has 1 N–H and O–H groups in total. The normalized spacial score (nSPS) is 14.7. The van der Waals surface area contributed by atoms with E-state index in [1.54, 1.807) is 0 Å². The maximum atomic E-state index is 12.8. The summed E-state index contributed by atoms with van der Waals surface area (Å²) in [6.45, 7) is 0. The van der Waals surface area contributed by atoms with Crippen molar-refractivity contribution in [2.45, 2.75) is 30.2 Å². The third kappa shape index (κ3) is 3.92. The van der Waals surface area contributed by atoms with Crippen molar-refractivity contribution in [1.82, 2.24) is 15.5 Å². The summed E-state index contributed by atoms with van der Waals surface area (Å²) >= 11 is 0. The van der Waals surface area contributed by atoms with Crippen molar-refractivity contribution in [2.75, 3.05) is 5.75 Å². The van der Waals surface area contributed by atoms with Gasteiger partial charge in [-0.25, -0.2) is 12.8 Å². The molecule has 3 rings (SSSR count). The predicted octanol–water partition coefficient (Wildman–Crippen LogP) is 1.12. The monoisotopic (exact) mass is 339 g/mol. The zero-order valence-corrected chi connectivity index (χ0v) is 12.8. The molecule has 1 aliphatic carbocycles. The topological polar surface area (TPSA) is 102 Å². The molecule has 23 heavy (non-hydrogen) atoms. The molecule has 9 heteroatoms.